The van der Waals surface area contributed by atoms with E-state index in [9.17, 15) is 4.79 Å². The van der Waals surface area contributed by atoms with Crippen molar-refractivity contribution in [2.24, 2.45) is 0 Å². The van der Waals surface area contributed by atoms with Crippen LogP contribution in [0, 0.1) is 0 Å². The fraction of sp³-hybridized carbons (Fsp3) is 0.348. The summed E-state index contributed by atoms with van der Waals surface area (Å²) in [7, 11) is 0. The summed E-state index contributed by atoms with van der Waals surface area (Å²) in [6.07, 6.45) is 5.41. The molecule has 0 spiro atoms. The van der Waals surface area contributed by atoms with Gasteiger partial charge < -0.3 is 14.8 Å². The minimum atomic E-state index is -0.250. The first kappa shape index (κ1) is 20.6. The van der Waals surface area contributed by atoms with Gasteiger partial charge in [-0.2, -0.15) is 0 Å². The zero-order valence-corrected chi connectivity index (χ0v) is 16.3. The molecule has 2 aromatic carbocycles. The van der Waals surface area contributed by atoms with Gasteiger partial charge in [-0.05, 0) is 43.2 Å². The molecule has 144 valence electrons. The van der Waals surface area contributed by atoms with E-state index in [1.165, 1.54) is 6.08 Å². The van der Waals surface area contributed by atoms with E-state index >= 15 is 0 Å². The highest BCUT2D eigenvalue weighted by Gasteiger charge is 2.13. The van der Waals surface area contributed by atoms with E-state index in [0.717, 1.165) is 48.3 Å². The third-order valence-corrected chi connectivity index (χ3v) is 4.13. The van der Waals surface area contributed by atoms with Crippen LogP contribution in [0.25, 0.3) is 11.1 Å². The van der Waals surface area contributed by atoms with Gasteiger partial charge in [0.15, 0.2) is 0 Å². The first-order valence-electron chi connectivity index (χ1n) is 9.62. The largest absolute Gasteiger partial charge is 0.494 e. The highest BCUT2D eigenvalue weighted by atomic mass is 16.5. The maximum absolute atomic E-state index is 11.9. The molecule has 0 atom stereocenters. The van der Waals surface area contributed by atoms with Crippen molar-refractivity contribution in [3.05, 3.63) is 55.1 Å². The minimum Gasteiger partial charge on any atom is -0.494 e. The second kappa shape index (κ2) is 11.1. The van der Waals surface area contributed by atoms with E-state index in [-0.39, 0.29) is 5.91 Å². The van der Waals surface area contributed by atoms with E-state index < -0.39 is 0 Å². The Bertz CT molecular complexity index is 755. The van der Waals surface area contributed by atoms with E-state index in [1.54, 1.807) is 0 Å². The van der Waals surface area contributed by atoms with E-state index in [2.05, 4.69) is 25.7 Å². The smallest absolute Gasteiger partial charge is 0.247 e. The van der Waals surface area contributed by atoms with Crippen LogP contribution in [-0.4, -0.2) is 19.1 Å². The lowest BCUT2D eigenvalue weighted by Gasteiger charge is -2.16. The van der Waals surface area contributed by atoms with Gasteiger partial charge in [0.05, 0.1) is 13.2 Å². The molecular weight excluding hydrogens is 338 g/mol. The Hall–Kier alpha value is -2.75. The summed E-state index contributed by atoms with van der Waals surface area (Å²) in [5, 5.41) is 2.88. The third-order valence-electron chi connectivity index (χ3n) is 4.13. The predicted octanol–water partition coefficient (Wildman–Crippen LogP) is 5.84. The summed E-state index contributed by atoms with van der Waals surface area (Å²) in [5.74, 6) is 1.32. The molecule has 2 rings (SSSR count). The summed E-state index contributed by atoms with van der Waals surface area (Å²) in [6, 6.07) is 13.6. The fourth-order valence-electron chi connectivity index (χ4n) is 2.60. The second-order valence-corrected chi connectivity index (χ2v) is 6.30. The lowest BCUT2D eigenvalue weighted by Crippen LogP contribution is -2.09. The average Bonchev–Trinajstić information content (AvgIpc) is 2.69. The van der Waals surface area contributed by atoms with E-state index in [1.807, 2.05) is 42.5 Å². The quantitative estimate of drug-likeness (QED) is 0.401. The molecule has 0 unspecified atom stereocenters. The van der Waals surface area contributed by atoms with Crippen molar-refractivity contribution >= 4 is 11.6 Å². The molecule has 4 heteroatoms. The zero-order chi connectivity index (χ0) is 19.5. The zero-order valence-electron chi connectivity index (χ0n) is 16.3. The number of benzene rings is 2. The Balaban J connectivity index is 2.39. The number of hydrogen-bond acceptors (Lipinski definition) is 3. The molecule has 1 amide bonds. The van der Waals surface area contributed by atoms with Crippen molar-refractivity contribution in [1.29, 1.82) is 0 Å². The van der Waals surface area contributed by atoms with E-state index in [0.29, 0.717) is 18.9 Å². The number of amides is 1. The number of para-hydroxylation sites is 1. The van der Waals surface area contributed by atoms with Gasteiger partial charge in [0.2, 0.25) is 5.91 Å². The lowest BCUT2D eigenvalue weighted by atomic mass is 10.0. The monoisotopic (exact) mass is 367 g/mol. The molecule has 0 saturated carbocycles. The number of ether oxygens (including phenoxy) is 2. The molecule has 0 fully saturated rings. The van der Waals surface area contributed by atoms with Gasteiger partial charge in [-0.1, -0.05) is 51.5 Å². The van der Waals surface area contributed by atoms with Crippen LogP contribution in [0.1, 0.15) is 39.5 Å². The molecule has 0 aliphatic heterocycles. The van der Waals surface area contributed by atoms with Crippen molar-refractivity contribution in [3.63, 3.8) is 0 Å². The molecule has 0 bridgehead atoms. The van der Waals surface area contributed by atoms with Crippen molar-refractivity contribution in [1.82, 2.24) is 0 Å². The number of unbranched alkanes of at least 4 members (excludes halogenated alkanes) is 2. The lowest BCUT2D eigenvalue weighted by molar-refractivity contribution is -0.111. The molecule has 2 aromatic rings. The predicted molar refractivity (Wildman–Crippen MR) is 112 cm³/mol. The number of hydrogen-bond donors (Lipinski definition) is 1. The maximum atomic E-state index is 11.9. The summed E-state index contributed by atoms with van der Waals surface area (Å²) < 4.78 is 11.8. The van der Waals surface area contributed by atoms with Gasteiger partial charge in [-0.15, -0.1) is 0 Å². The molecule has 0 radical (unpaired) electrons. The fourth-order valence-corrected chi connectivity index (χ4v) is 2.60. The Morgan fingerprint density at radius 3 is 2.41 bits per heavy atom. The van der Waals surface area contributed by atoms with Crippen LogP contribution in [0.4, 0.5) is 5.69 Å². The van der Waals surface area contributed by atoms with Gasteiger partial charge in [0, 0.05) is 16.8 Å². The molecule has 0 aliphatic rings. The number of carbonyl (C=O) groups is 1. The van der Waals surface area contributed by atoms with Crippen molar-refractivity contribution in [3.8, 4) is 22.6 Å². The molecule has 0 saturated heterocycles. The molecule has 27 heavy (non-hydrogen) atoms. The number of nitrogens with one attached hydrogen (secondary N) is 1. The van der Waals surface area contributed by atoms with E-state index in [4.69, 9.17) is 9.47 Å². The van der Waals surface area contributed by atoms with Crippen molar-refractivity contribution in [2.75, 3.05) is 18.5 Å². The topological polar surface area (TPSA) is 47.6 Å². The van der Waals surface area contributed by atoms with Gasteiger partial charge in [0.1, 0.15) is 11.5 Å². The second-order valence-electron chi connectivity index (χ2n) is 6.30. The summed E-state index contributed by atoms with van der Waals surface area (Å²) >= 11 is 0. The van der Waals surface area contributed by atoms with Gasteiger partial charge in [-0.3, -0.25) is 4.79 Å². The molecule has 0 aliphatic carbocycles. The first-order valence-corrected chi connectivity index (χ1v) is 9.62. The average molecular weight is 367 g/mol. The Morgan fingerprint density at radius 1 is 1.00 bits per heavy atom. The number of rotatable bonds is 11. The Kier molecular flexibility index (Phi) is 8.43. The standard InChI is InChI=1S/C23H29NO3/c1-4-7-15-26-18-13-14-21(24-23(25)6-3)20(17-18)19-11-9-10-12-22(19)27-16-8-5-2/h6,9-14,17H,3-5,7-8,15-16H2,1-2H3,(H,24,25). The Morgan fingerprint density at radius 2 is 1.70 bits per heavy atom. The van der Waals surface area contributed by atoms with Crippen LogP contribution in [0.2, 0.25) is 0 Å². The highest BCUT2D eigenvalue weighted by Crippen LogP contribution is 2.37. The van der Waals surface area contributed by atoms with Crippen LogP contribution in [0.5, 0.6) is 11.5 Å². The summed E-state index contributed by atoms with van der Waals surface area (Å²) in [5.41, 5.74) is 2.49. The van der Waals surface area contributed by atoms with Crippen molar-refractivity contribution < 1.29 is 14.3 Å². The van der Waals surface area contributed by atoms with Crippen molar-refractivity contribution in [2.45, 2.75) is 39.5 Å². The van der Waals surface area contributed by atoms with Crippen LogP contribution in [0.15, 0.2) is 55.1 Å². The first-order chi connectivity index (χ1) is 13.2. The maximum Gasteiger partial charge on any atom is 0.247 e. The van der Waals surface area contributed by atoms with Crippen LogP contribution >= 0.6 is 0 Å². The van der Waals surface area contributed by atoms with Crippen LogP contribution in [0.3, 0.4) is 0 Å². The van der Waals surface area contributed by atoms with Crippen LogP contribution in [-0.2, 0) is 4.79 Å². The molecule has 1 N–H and O–H groups in total. The summed E-state index contributed by atoms with van der Waals surface area (Å²) in [4.78, 5) is 11.9. The number of anilines is 1. The van der Waals surface area contributed by atoms with Gasteiger partial charge >= 0.3 is 0 Å². The minimum absolute atomic E-state index is 0.250. The molecular formula is C23H29NO3. The normalized spacial score (nSPS) is 10.3. The Labute approximate surface area is 162 Å². The highest BCUT2D eigenvalue weighted by molar-refractivity contribution is 6.02. The SMILES string of the molecule is C=CC(=O)Nc1ccc(OCCCC)cc1-c1ccccc1OCCCC. The third kappa shape index (κ3) is 6.17. The molecule has 0 aromatic heterocycles. The molecule has 4 nitrogen and oxygen atoms in total. The molecule has 0 heterocycles. The number of carbonyl (C=O) groups excluding carboxylic acids is 1. The van der Waals surface area contributed by atoms with Gasteiger partial charge in [-0.25, -0.2) is 0 Å². The van der Waals surface area contributed by atoms with Crippen LogP contribution < -0.4 is 14.8 Å². The van der Waals surface area contributed by atoms with Gasteiger partial charge in [0.25, 0.3) is 0 Å². The summed E-state index contributed by atoms with van der Waals surface area (Å²) in [6.45, 7) is 9.13.